The van der Waals surface area contributed by atoms with Crippen LogP contribution in [-0.4, -0.2) is 18.0 Å². The Balaban J connectivity index is 3.12. The standard InChI is InChI=1S/C10H12N2O2S/c1-14-8-3-2-6(10(12)13)4-7(8)5-9(11)15/h2-4H,5H2,1H3,(H2,11,15)(H2,12,13). The molecule has 0 bridgehead atoms. The monoisotopic (exact) mass is 224 g/mol. The van der Waals surface area contributed by atoms with Gasteiger partial charge in [-0.05, 0) is 18.2 Å². The zero-order chi connectivity index (χ0) is 11.4. The molecule has 0 aromatic heterocycles. The molecule has 0 saturated heterocycles. The highest BCUT2D eigenvalue weighted by Gasteiger charge is 2.08. The summed E-state index contributed by atoms with van der Waals surface area (Å²) >= 11 is 4.80. The topological polar surface area (TPSA) is 78.3 Å². The third-order valence-electron chi connectivity index (χ3n) is 1.93. The van der Waals surface area contributed by atoms with E-state index in [-0.39, 0.29) is 0 Å². The molecule has 0 radical (unpaired) electrons. The Morgan fingerprint density at radius 2 is 2.13 bits per heavy atom. The summed E-state index contributed by atoms with van der Waals surface area (Å²) in [6.07, 6.45) is 0.389. The van der Waals surface area contributed by atoms with Crippen LogP contribution in [0.4, 0.5) is 0 Å². The normalized spacial score (nSPS) is 9.67. The maximum Gasteiger partial charge on any atom is 0.248 e. The molecule has 5 heteroatoms. The molecule has 0 aliphatic carbocycles. The second kappa shape index (κ2) is 4.75. The lowest BCUT2D eigenvalue weighted by molar-refractivity contribution is 0.1000. The number of hydrogen-bond donors (Lipinski definition) is 2. The van der Waals surface area contributed by atoms with Crippen molar-refractivity contribution in [3.63, 3.8) is 0 Å². The van der Waals surface area contributed by atoms with Crippen LogP contribution in [0.15, 0.2) is 18.2 Å². The molecule has 4 N–H and O–H groups in total. The zero-order valence-electron chi connectivity index (χ0n) is 8.32. The van der Waals surface area contributed by atoms with Gasteiger partial charge in [-0.1, -0.05) is 12.2 Å². The lowest BCUT2D eigenvalue weighted by Gasteiger charge is -2.08. The van der Waals surface area contributed by atoms with E-state index in [4.69, 9.17) is 28.4 Å². The Bertz CT molecular complexity index is 404. The minimum Gasteiger partial charge on any atom is -0.496 e. The molecule has 15 heavy (non-hydrogen) atoms. The van der Waals surface area contributed by atoms with E-state index in [1.807, 2.05) is 0 Å². The fraction of sp³-hybridized carbons (Fsp3) is 0.200. The number of primary amides is 1. The molecule has 0 unspecified atom stereocenters. The van der Waals surface area contributed by atoms with Gasteiger partial charge in [0.2, 0.25) is 5.91 Å². The van der Waals surface area contributed by atoms with Crippen LogP contribution < -0.4 is 16.2 Å². The van der Waals surface area contributed by atoms with Gasteiger partial charge in [-0.25, -0.2) is 0 Å². The molecular formula is C10H12N2O2S. The summed E-state index contributed by atoms with van der Waals surface area (Å²) in [5.41, 5.74) is 11.8. The molecule has 0 atom stereocenters. The van der Waals surface area contributed by atoms with Crippen molar-refractivity contribution in [2.45, 2.75) is 6.42 Å². The molecular weight excluding hydrogens is 212 g/mol. The highest BCUT2D eigenvalue weighted by molar-refractivity contribution is 7.80. The van der Waals surface area contributed by atoms with E-state index in [1.165, 1.54) is 0 Å². The van der Waals surface area contributed by atoms with Crippen molar-refractivity contribution < 1.29 is 9.53 Å². The van der Waals surface area contributed by atoms with Crippen molar-refractivity contribution in [1.29, 1.82) is 0 Å². The summed E-state index contributed by atoms with van der Waals surface area (Å²) in [5.74, 6) is 0.162. The van der Waals surface area contributed by atoms with Crippen LogP contribution in [-0.2, 0) is 6.42 Å². The predicted molar refractivity (Wildman–Crippen MR) is 62.0 cm³/mol. The van der Waals surface area contributed by atoms with Crippen LogP contribution in [0.1, 0.15) is 15.9 Å². The summed E-state index contributed by atoms with van der Waals surface area (Å²) in [6, 6.07) is 4.91. The van der Waals surface area contributed by atoms with Crippen molar-refractivity contribution >= 4 is 23.1 Å². The second-order valence-corrected chi connectivity index (χ2v) is 3.56. The first-order valence-electron chi connectivity index (χ1n) is 4.29. The Labute approximate surface area is 93.2 Å². The number of rotatable bonds is 4. The minimum atomic E-state index is -0.484. The number of hydrogen-bond acceptors (Lipinski definition) is 3. The van der Waals surface area contributed by atoms with Gasteiger partial charge in [0.25, 0.3) is 0 Å². The molecule has 1 aromatic rings. The van der Waals surface area contributed by atoms with Crippen molar-refractivity contribution in [1.82, 2.24) is 0 Å². The minimum absolute atomic E-state index is 0.343. The number of ether oxygens (including phenoxy) is 1. The van der Waals surface area contributed by atoms with Crippen molar-refractivity contribution in [2.24, 2.45) is 11.5 Å². The number of thiocarbonyl (C=S) groups is 1. The molecule has 0 aliphatic rings. The van der Waals surface area contributed by atoms with E-state index in [2.05, 4.69) is 0 Å². The molecule has 0 spiro atoms. The number of carbonyl (C=O) groups excluding carboxylic acids is 1. The van der Waals surface area contributed by atoms with Crippen LogP contribution >= 0.6 is 12.2 Å². The SMILES string of the molecule is COc1ccc(C(N)=O)cc1CC(N)=S. The van der Waals surface area contributed by atoms with Crippen molar-refractivity contribution in [3.8, 4) is 5.75 Å². The van der Waals surface area contributed by atoms with Gasteiger partial charge in [-0.2, -0.15) is 0 Å². The Morgan fingerprint density at radius 1 is 1.47 bits per heavy atom. The summed E-state index contributed by atoms with van der Waals surface area (Å²) in [7, 11) is 1.54. The van der Waals surface area contributed by atoms with E-state index in [9.17, 15) is 4.79 Å². The van der Waals surface area contributed by atoms with Gasteiger partial charge in [0.1, 0.15) is 5.75 Å². The molecule has 4 nitrogen and oxygen atoms in total. The number of carbonyl (C=O) groups is 1. The van der Waals surface area contributed by atoms with Gasteiger partial charge >= 0.3 is 0 Å². The summed E-state index contributed by atoms with van der Waals surface area (Å²) < 4.78 is 5.11. The number of amides is 1. The molecule has 1 rings (SSSR count). The van der Waals surface area contributed by atoms with Gasteiger partial charge < -0.3 is 16.2 Å². The predicted octanol–water partition coefficient (Wildman–Crippen LogP) is 0.623. The molecule has 1 aromatic carbocycles. The average Bonchev–Trinajstić information content (AvgIpc) is 2.16. The summed E-state index contributed by atoms with van der Waals surface area (Å²) in [6.45, 7) is 0. The second-order valence-electron chi connectivity index (χ2n) is 3.03. The third kappa shape index (κ3) is 2.92. The zero-order valence-corrected chi connectivity index (χ0v) is 9.14. The third-order valence-corrected chi connectivity index (χ3v) is 2.07. The van der Waals surface area contributed by atoms with Gasteiger partial charge in [-0.3, -0.25) is 4.79 Å². The van der Waals surface area contributed by atoms with Crippen LogP contribution in [0.2, 0.25) is 0 Å². The number of methoxy groups -OCH3 is 1. The molecule has 0 saturated carbocycles. The highest BCUT2D eigenvalue weighted by atomic mass is 32.1. The Hall–Kier alpha value is -1.62. The lowest BCUT2D eigenvalue weighted by atomic mass is 10.1. The van der Waals surface area contributed by atoms with Crippen molar-refractivity contribution in [2.75, 3.05) is 7.11 Å². The van der Waals surface area contributed by atoms with Crippen LogP contribution in [0, 0.1) is 0 Å². The van der Waals surface area contributed by atoms with Crippen LogP contribution in [0.25, 0.3) is 0 Å². The first kappa shape index (κ1) is 11.5. The summed E-state index contributed by atoms with van der Waals surface area (Å²) in [4.78, 5) is 11.3. The van der Waals surface area contributed by atoms with Crippen molar-refractivity contribution in [3.05, 3.63) is 29.3 Å². The molecule has 1 amide bonds. The van der Waals surface area contributed by atoms with Crippen LogP contribution in [0.3, 0.4) is 0 Å². The molecule has 0 fully saturated rings. The largest absolute Gasteiger partial charge is 0.496 e. The number of nitrogens with two attached hydrogens (primary N) is 2. The highest BCUT2D eigenvalue weighted by Crippen LogP contribution is 2.20. The van der Waals surface area contributed by atoms with E-state index in [0.29, 0.717) is 22.7 Å². The summed E-state index contributed by atoms with van der Waals surface area (Å²) in [5, 5.41) is 0. The lowest BCUT2D eigenvalue weighted by Crippen LogP contribution is -2.14. The Kier molecular flexibility index (Phi) is 3.62. The fourth-order valence-corrected chi connectivity index (χ4v) is 1.41. The van der Waals surface area contributed by atoms with Crippen LogP contribution in [0.5, 0.6) is 5.75 Å². The van der Waals surface area contributed by atoms with E-state index < -0.39 is 5.91 Å². The Morgan fingerprint density at radius 3 is 2.60 bits per heavy atom. The molecule has 0 aliphatic heterocycles. The fourth-order valence-electron chi connectivity index (χ4n) is 1.26. The van der Waals surface area contributed by atoms with Gasteiger partial charge in [0, 0.05) is 17.5 Å². The maximum atomic E-state index is 11.0. The first-order valence-corrected chi connectivity index (χ1v) is 4.70. The quantitative estimate of drug-likeness (QED) is 0.735. The van der Waals surface area contributed by atoms with E-state index >= 15 is 0 Å². The molecule has 0 heterocycles. The number of benzene rings is 1. The maximum absolute atomic E-state index is 11.0. The van der Waals surface area contributed by atoms with Gasteiger partial charge in [-0.15, -0.1) is 0 Å². The van der Waals surface area contributed by atoms with E-state index in [1.54, 1.807) is 25.3 Å². The smallest absolute Gasteiger partial charge is 0.248 e. The van der Waals surface area contributed by atoms with Gasteiger partial charge in [0.05, 0.1) is 12.1 Å². The van der Waals surface area contributed by atoms with E-state index in [0.717, 1.165) is 5.56 Å². The van der Waals surface area contributed by atoms with Gasteiger partial charge in [0.15, 0.2) is 0 Å². The molecule has 80 valence electrons. The average molecular weight is 224 g/mol. The first-order chi connectivity index (χ1) is 7.04.